The largest absolute Gasteiger partial charge is 0.385 e. The molecular formula is C19H28IN3O3. The van der Waals surface area contributed by atoms with Gasteiger partial charge in [0.15, 0.2) is 0 Å². The van der Waals surface area contributed by atoms with Gasteiger partial charge in [0.1, 0.15) is 0 Å². The normalized spacial score (nSPS) is 15.7. The molecule has 1 aliphatic rings. The average Bonchev–Trinajstić information content (AvgIpc) is 2.61. The van der Waals surface area contributed by atoms with Crippen LogP contribution in [0.1, 0.15) is 24.8 Å². The van der Waals surface area contributed by atoms with Crippen molar-refractivity contribution in [2.24, 2.45) is 5.92 Å². The van der Waals surface area contributed by atoms with Crippen molar-refractivity contribution in [3.63, 3.8) is 0 Å². The first kappa shape index (κ1) is 21.1. The van der Waals surface area contributed by atoms with Crippen LogP contribution in [-0.2, 0) is 14.3 Å². The third-order valence-corrected chi connectivity index (χ3v) is 5.28. The van der Waals surface area contributed by atoms with Crippen molar-refractivity contribution >= 4 is 40.1 Å². The van der Waals surface area contributed by atoms with Crippen LogP contribution in [0.25, 0.3) is 0 Å². The standard InChI is InChI=1S/C19H28IN3O3/c1-14-12-16(20)4-5-17(14)22-18(24)13-23-9-6-15(7-10-23)19(25)21-8-3-11-26-2/h4-5,12,15H,3,6-11,13H2,1-2H3,(H,21,25)(H,22,24). The molecule has 144 valence electrons. The number of carbonyl (C=O) groups excluding carboxylic acids is 2. The minimum Gasteiger partial charge on any atom is -0.385 e. The maximum atomic E-state index is 12.3. The summed E-state index contributed by atoms with van der Waals surface area (Å²) in [5.74, 6) is 0.173. The number of nitrogens with zero attached hydrogens (tertiary/aromatic N) is 1. The van der Waals surface area contributed by atoms with Gasteiger partial charge in [-0.25, -0.2) is 0 Å². The topological polar surface area (TPSA) is 70.7 Å². The van der Waals surface area contributed by atoms with E-state index < -0.39 is 0 Å². The average molecular weight is 473 g/mol. The maximum Gasteiger partial charge on any atom is 0.238 e. The highest BCUT2D eigenvalue weighted by atomic mass is 127. The van der Waals surface area contributed by atoms with E-state index in [1.807, 2.05) is 25.1 Å². The van der Waals surface area contributed by atoms with Crippen molar-refractivity contribution in [2.45, 2.75) is 26.2 Å². The number of rotatable bonds is 8. The Balaban J connectivity index is 1.71. The molecule has 0 spiro atoms. The molecule has 1 heterocycles. The zero-order valence-electron chi connectivity index (χ0n) is 15.5. The Bertz CT molecular complexity index is 616. The molecule has 2 rings (SSSR count). The summed E-state index contributed by atoms with van der Waals surface area (Å²) in [6, 6.07) is 5.97. The summed E-state index contributed by atoms with van der Waals surface area (Å²) in [5, 5.41) is 5.95. The van der Waals surface area contributed by atoms with E-state index in [9.17, 15) is 9.59 Å². The first-order valence-electron chi connectivity index (χ1n) is 9.04. The maximum absolute atomic E-state index is 12.3. The van der Waals surface area contributed by atoms with E-state index in [4.69, 9.17) is 4.74 Å². The van der Waals surface area contributed by atoms with Crippen LogP contribution >= 0.6 is 22.6 Å². The van der Waals surface area contributed by atoms with Crippen molar-refractivity contribution in [3.05, 3.63) is 27.3 Å². The van der Waals surface area contributed by atoms with Gasteiger partial charge in [0.2, 0.25) is 11.8 Å². The summed E-state index contributed by atoms with van der Waals surface area (Å²) in [7, 11) is 1.66. The number of aryl methyl sites for hydroxylation is 1. The second-order valence-electron chi connectivity index (χ2n) is 6.70. The molecular weight excluding hydrogens is 445 g/mol. The lowest BCUT2D eigenvalue weighted by atomic mass is 9.96. The third-order valence-electron chi connectivity index (χ3n) is 4.61. The molecule has 1 aliphatic heterocycles. The number of benzene rings is 1. The Hall–Kier alpha value is -1.19. The number of amides is 2. The second kappa shape index (κ2) is 10.8. The van der Waals surface area contributed by atoms with E-state index in [0.717, 1.165) is 47.2 Å². The van der Waals surface area contributed by atoms with Gasteiger partial charge >= 0.3 is 0 Å². The van der Waals surface area contributed by atoms with E-state index in [2.05, 4.69) is 38.1 Å². The third kappa shape index (κ3) is 6.85. The van der Waals surface area contributed by atoms with Crippen LogP contribution in [0.15, 0.2) is 18.2 Å². The number of hydrogen-bond acceptors (Lipinski definition) is 4. The molecule has 6 nitrogen and oxygen atoms in total. The number of halogens is 1. The minimum atomic E-state index is -0.00299. The van der Waals surface area contributed by atoms with Crippen molar-refractivity contribution < 1.29 is 14.3 Å². The fourth-order valence-corrected chi connectivity index (χ4v) is 3.73. The van der Waals surface area contributed by atoms with Crippen LogP contribution in [0.5, 0.6) is 0 Å². The summed E-state index contributed by atoms with van der Waals surface area (Å²) in [4.78, 5) is 26.6. The lowest BCUT2D eigenvalue weighted by Gasteiger charge is -2.30. The van der Waals surface area contributed by atoms with E-state index >= 15 is 0 Å². The van der Waals surface area contributed by atoms with Crippen LogP contribution in [0.3, 0.4) is 0 Å². The Morgan fingerprint density at radius 1 is 1.31 bits per heavy atom. The van der Waals surface area contributed by atoms with Crippen molar-refractivity contribution in [2.75, 3.05) is 45.2 Å². The Kier molecular flexibility index (Phi) is 8.80. The molecule has 1 fully saturated rings. The molecule has 0 unspecified atom stereocenters. The van der Waals surface area contributed by atoms with Crippen molar-refractivity contribution in [3.8, 4) is 0 Å². The van der Waals surface area contributed by atoms with E-state index in [1.165, 1.54) is 0 Å². The van der Waals surface area contributed by atoms with Gasteiger partial charge in [0.25, 0.3) is 0 Å². The predicted octanol–water partition coefficient (Wildman–Crippen LogP) is 2.40. The number of carbonyl (C=O) groups is 2. The van der Waals surface area contributed by atoms with Crippen LogP contribution in [0.2, 0.25) is 0 Å². The minimum absolute atomic E-state index is 0.00299. The van der Waals surface area contributed by atoms with Gasteiger partial charge in [0, 0.05) is 35.4 Å². The number of piperidine rings is 1. The van der Waals surface area contributed by atoms with Gasteiger partial charge in [0.05, 0.1) is 6.54 Å². The number of anilines is 1. The molecule has 7 heteroatoms. The Morgan fingerprint density at radius 3 is 2.69 bits per heavy atom. The lowest BCUT2D eigenvalue weighted by molar-refractivity contribution is -0.126. The zero-order chi connectivity index (χ0) is 18.9. The molecule has 26 heavy (non-hydrogen) atoms. The number of ether oxygens (including phenoxy) is 1. The molecule has 0 aromatic heterocycles. The SMILES string of the molecule is COCCCNC(=O)C1CCN(CC(=O)Nc2ccc(I)cc2C)CC1. The van der Waals surface area contributed by atoms with Gasteiger partial charge in [-0.05, 0) is 85.6 Å². The highest BCUT2D eigenvalue weighted by Crippen LogP contribution is 2.19. The highest BCUT2D eigenvalue weighted by Gasteiger charge is 2.25. The van der Waals surface area contributed by atoms with Crippen LogP contribution in [0.4, 0.5) is 5.69 Å². The molecule has 1 aromatic carbocycles. The van der Waals surface area contributed by atoms with Crippen molar-refractivity contribution in [1.29, 1.82) is 0 Å². The molecule has 2 amide bonds. The molecule has 0 saturated carbocycles. The second-order valence-corrected chi connectivity index (χ2v) is 7.94. The number of nitrogens with one attached hydrogen (secondary N) is 2. The number of likely N-dealkylation sites (tertiary alicyclic amines) is 1. The lowest BCUT2D eigenvalue weighted by Crippen LogP contribution is -2.43. The van der Waals surface area contributed by atoms with Gasteiger partial charge in [-0.1, -0.05) is 0 Å². The number of methoxy groups -OCH3 is 1. The van der Waals surface area contributed by atoms with Gasteiger partial charge in [-0.3, -0.25) is 14.5 Å². The summed E-state index contributed by atoms with van der Waals surface area (Å²) in [6.07, 6.45) is 2.43. The number of hydrogen-bond donors (Lipinski definition) is 2. The fourth-order valence-electron chi connectivity index (χ4n) is 3.09. The molecule has 1 saturated heterocycles. The zero-order valence-corrected chi connectivity index (χ0v) is 17.7. The van der Waals surface area contributed by atoms with E-state index in [0.29, 0.717) is 19.7 Å². The van der Waals surface area contributed by atoms with Crippen LogP contribution in [0, 0.1) is 16.4 Å². The Morgan fingerprint density at radius 2 is 2.04 bits per heavy atom. The van der Waals surface area contributed by atoms with E-state index in [1.54, 1.807) is 7.11 Å². The quantitative estimate of drug-likeness (QED) is 0.450. The smallest absolute Gasteiger partial charge is 0.238 e. The van der Waals surface area contributed by atoms with Gasteiger partial charge in [-0.15, -0.1) is 0 Å². The van der Waals surface area contributed by atoms with Gasteiger partial charge < -0.3 is 15.4 Å². The molecule has 0 radical (unpaired) electrons. The van der Waals surface area contributed by atoms with Crippen LogP contribution in [-0.4, -0.2) is 56.6 Å². The van der Waals surface area contributed by atoms with Gasteiger partial charge in [-0.2, -0.15) is 0 Å². The van der Waals surface area contributed by atoms with E-state index in [-0.39, 0.29) is 17.7 Å². The molecule has 0 aliphatic carbocycles. The highest BCUT2D eigenvalue weighted by molar-refractivity contribution is 14.1. The first-order chi connectivity index (χ1) is 12.5. The Labute approximate surface area is 169 Å². The fraction of sp³-hybridized carbons (Fsp3) is 0.579. The summed E-state index contributed by atoms with van der Waals surface area (Å²) in [5.41, 5.74) is 1.93. The summed E-state index contributed by atoms with van der Waals surface area (Å²) in [6.45, 7) is 5.23. The van der Waals surface area contributed by atoms with Crippen molar-refractivity contribution in [1.82, 2.24) is 10.2 Å². The molecule has 0 bridgehead atoms. The molecule has 1 aromatic rings. The molecule has 2 N–H and O–H groups in total. The summed E-state index contributed by atoms with van der Waals surface area (Å²) >= 11 is 2.26. The first-order valence-corrected chi connectivity index (χ1v) is 10.1. The summed E-state index contributed by atoms with van der Waals surface area (Å²) < 4.78 is 6.13. The predicted molar refractivity (Wildman–Crippen MR) is 111 cm³/mol. The monoisotopic (exact) mass is 473 g/mol. The molecule has 0 atom stereocenters. The van der Waals surface area contributed by atoms with Crippen LogP contribution < -0.4 is 10.6 Å².